The maximum Gasteiger partial charge on any atom is 0.383 e. The number of Topliss-reactive ketones (excluding diaryl/α,β-unsaturated/α-hetero) is 1. The fourth-order valence-electron chi connectivity index (χ4n) is 1.32. The summed E-state index contributed by atoms with van der Waals surface area (Å²) in [6.45, 7) is 4.61. The van der Waals surface area contributed by atoms with Gasteiger partial charge in [0.15, 0.2) is 5.82 Å². The Morgan fingerprint density at radius 1 is 1.44 bits per heavy atom. The maximum atomic E-state index is 11.6. The summed E-state index contributed by atoms with van der Waals surface area (Å²) in [4.78, 5) is 26.7. The maximum absolute atomic E-state index is 11.6. The molecule has 0 bridgehead atoms. The Balaban J connectivity index is 2.75. The van der Waals surface area contributed by atoms with E-state index in [4.69, 9.17) is 0 Å². The van der Waals surface area contributed by atoms with Crippen molar-refractivity contribution in [2.75, 3.05) is 6.61 Å². The Bertz CT molecular complexity index is 371. The summed E-state index contributed by atoms with van der Waals surface area (Å²) in [6, 6.07) is 0. The zero-order valence-electron chi connectivity index (χ0n) is 9.60. The minimum atomic E-state index is -0.841. The number of rotatable bonds is 6. The van der Waals surface area contributed by atoms with Crippen molar-refractivity contribution in [3.8, 4) is 0 Å². The molecule has 0 amide bonds. The topological polar surface area (TPSA) is 61.2 Å². The van der Waals surface area contributed by atoms with Gasteiger partial charge in [-0.3, -0.25) is 4.79 Å². The van der Waals surface area contributed by atoms with Gasteiger partial charge < -0.3 is 9.30 Å². The lowest BCUT2D eigenvalue weighted by Gasteiger charge is -2.05. The SMILES string of the molecule is CCCCn1ccnc1C(=O)C(=O)OCC. The van der Waals surface area contributed by atoms with E-state index < -0.39 is 11.8 Å². The van der Waals surface area contributed by atoms with Gasteiger partial charge in [0.05, 0.1) is 6.61 Å². The smallest absolute Gasteiger partial charge is 0.383 e. The highest BCUT2D eigenvalue weighted by molar-refractivity contribution is 6.39. The molecule has 0 aliphatic rings. The molecule has 0 aliphatic carbocycles. The van der Waals surface area contributed by atoms with Crippen LogP contribution in [0, 0.1) is 0 Å². The second kappa shape index (κ2) is 6.05. The summed E-state index contributed by atoms with van der Waals surface area (Å²) < 4.78 is 6.33. The minimum absolute atomic E-state index is 0.159. The fourth-order valence-corrected chi connectivity index (χ4v) is 1.32. The molecule has 0 saturated carbocycles. The van der Waals surface area contributed by atoms with Gasteiger partial charge in [-0.1, -0.05) is 13.3 Å². The van der Waals surface area contributed by atoms with Gasteiger partial charge in [0.25, 0.3) is 0 Å². The predicted molar refractivity (Wildman–Crippen MR) is 58.1 cm³/mol. The first-order valence-corrected chi connectivity index (χ1v) is 5.43. The van der Waals surface area contributed by atoms with E-state index in [1.807, 2.05) is 0 Å². The summed E-state index contributed by atoms with van der Waals surface area (Å²) >= 11 is 0. The van der Waals surface area contributed by atoms with E-state index in [0.717, 1.165) is 12.8 Å². The molecule has 5 nitrogen and oxygen atoms in total. The van der Waals surface area contributed by atoms with Gasteiger partial charge in [-0.15, -0.1) is 0 Å². The number of hydrogen-bond donors (Lipinski definition) is 0. The number of carbonyl (C=O) groups excluding carboxylic acids is 2. The van der Waals surface area contributed by atoms with Crippen LogP contribution in [-0.2, 0) is 16.1 Å². The summed E-state index contributed by atoms with van der Waals surface area (Å²) in [5, 5.41) is 0. The molecule has 16 heavy (non-hydrogen) atoms. The molecular formula is C11H16N2O3. The third-order valence-corrected chi connectivity index (χ3v) is 2.13. The van der Waals surface area contributed by atoms with E-state index in [-0.39, 0.29) is 12.4 Å². The zero-order chi connectivity index (χ0) is 12.0. The van der Waals surface area contributed by atoms with Crippen molar-refractivity contribution < 1.29 is 14.3 Å². The van der Waals surface area contributed by atoms with Gasteiger partial charge in [0.2, 0.25) is 0 Å². The number of unbranched alkanes of at least 4 members (excludes halogenated alkanes) is 1. The van der Waals surface area contributed by atoms with Crippen LogP contribution in [0.25, 0.3) is 0 Å². The van der Waals surface area contributed by atoms with Crippen LogP contribution in [-0.4, -0.2) is 27.9 Å². The lowest BCUT2D eigenvalue weighted by atomic mass is 10.3. The number of nitrogens with zero attached hydrogens (tertiary/aromatic N) is 2. The molecule has 1 heterocycles. The van der Waals surface area contributed by atoms with Gasteiger partial charge in [-0.25, -0.2) is 9.78 Å². The molecule has 0 aliphatic heterocycles. The van der Waals surface area contributed by atoms with Crippen molar-refractivity contribution in [3.05, 3.63) is 18.2 Å². The molecule has 0 aromatic carbocycles. The molecule has 0 spiro atoms. The summed E-state index contributed by atoms with van der Waals surface area (Å²) in [5.41, 5.74) is 0. The van der Waals surface area contributed by atoms with Crippen molar-refractivity contribution in [2.45, 2.75) is 33.2 Å². The lowest BCUT2D eigenvalue weighted by Crippen LogP contribution is -2.21. The second-order valence-corrected chi connectivity index (χ2v) is 3.35. The number of imidazole rings is 1. The third kappa shape index (κ3) is 2.92. The second-order valence-electron chi connectivity index (χ2n) is 3.35. The summed E-state index contributed by atoms with van der Waals surface area (Å²) in [7, 11) is 0. The van der Waals surface area contributed by atoms with Crippen LogP contribution in [0.2, 0.25) is 0 Å². The van der Waals surface area contributed by atoms with Crippen molar-refractivity contribution >= 4 is 11.8 Å². The molecule has 1 aromatic heterocycles. The van der Waals surface area contributed by atoms with Gasteiger partial charge >= 0.3 is 11.8 Å². The van der Waals surface area contributed by atoms with Crippen LogP contribution < -0.4 is 0 Å². The number of esters is 1. The van der Waals surface area contributed by atoms with Crippen LogP contribution in [0.4, 0.5) is 0 Å². The third-order valence-electron chi connectivity index (χ3n) is 2.13. The first-order chi connectivity index (χ1) is 7.70. The van der Waals surface area contributed by atoms with E-state index >= 15 is 0 Å². The molecule has 0 radical (unpaired) electrons. The van der Waals surface area contributed by atoms with Crippen molar-refractivity contribution in [3.63, 3.8) is 0 Å². The van der Waals surface area contributed by atoms with Crippen LogP contribution in [0.3, 0.4) is 0 Å². The van der Waals surface area contributed by atoms with Gasteiger partial charge in [-0.05, 0) is 13.3 Å². The molecule has 0 N–H and O–H groups in total. The van der Waals surface area contributed by atoms with Gasteiger partial charge in [0.1, 0.15) is 0 Å². The Kier molecular flexibility index (Phi) is 4.69. The normalized spacial score (nSPS) is 10.1. The van der Waals surface area contributed by atoms with E-state index in [2.05, 4.69) is 16.6 Å². The van der Waals surface area contributed by atoms with E-state index in [0.29, 0.717) is 6.54 Å². The lowest BCUT2D eigenvalue weighted by molar-refractivity contribution is -0.137. The van der Waals surface area contributed by atoms with Crippen LogP contribution >= 0.6 is 0 Å². The average molecular weight is 224 g/mol. The number of ether oxygens (including phenoxy) is 1. The first-order valence-electron chi connectivity index (χ1n) is 5.43. The number of aryl methyl sites for hydroxylation is 1. The Morgan fingerprint density at radius 3 is 2.81 bits per heavy atom. The van der Waals surface area contributed by atoms with Gasteiger partial charge in [0, 0.05) is 18.9 Å². The highest BCUT2D eigenvalue weighted by Gasteiger charge is 2.22. The largest absolute Gasteiger partial charge is 0.460 e. The minimum Gasteiger partial charge on any atom is -0.460 e. The molecule has 5 heteroatoms. The number of ketones is 1. The Labute approximate surface area is 94.4 Å². The molecule has 0 unspecified atom stereocenters. The fraction of sp³-hybridized carbons (Fsp3) is 0.545. The average Bonchev–Trinajstić information content (AvgIpc) is 2.73. The molecular weight excluding hydrogens is 208 g/mol. The quantitative estimate of drug-likeness (QED) is 0.416. The predicted octanol–water partition coefficient (Wildman–Crippen LogP) is 1.43. The monoisotopic (exact) mass is 224 g/mol. The first kappa shape index (κ1) is 12.4. The molecule has 1 rings (SSSR count). The molecule has 88 valence electrons. The van der Waals surface area contributed by atoms with Crippen molar-refractivity contribution in [2.24, 2.45) is 0 Å². The number of carbonyl (C=O) groups is 2. The highest BCUT2D eigenvalue weighted by Crippen LogP contribution is 2.03. The number of aromatic nitrogens is 2. The van der Waals surface area contributed by atoms with Crippen LogP contribution in [0.5, 0.6) is 0 Å². The standard InChI is InChI=1S/C11H16N2O3/c1-3-5-7-13-8-6-12-10(13)9(14)11(15)16-4-2/h6,8H,3-5,7H2,1-2H3. The van der Waals surface area contributed by atoms with Crippen LogP contribution in [0.1, 0.15) is 37.3 Å². The molecule has 1 aromatic rings. The number of hydrogen-bond acceptors (Lipinski definition) is 4. The van der Waals surface area contributed by atoms with E-state index in [1.165, 1.54) is 6.20 Å². The Morgan fingerprint density at radius 2 is 2.19 bits per heavy atom. The van der Waals surface area contributed by atoms with Crippen molar-refractivity contribution in [1.82, 2.24) is 9.55 Å². The van der Waals surface area contributed by atoms with Crippen molar-refractivity contribution in [1.29, 1.82) is 0 Å². The summed E-state index contributed by atoms with van der Waals surface area (Å²) in [5.74, 6) is -1.36. The van der Waals surface area contributed by atoms with Gasteiger partial charge in [-0.2, -0.15) is 0 Å². The molecule has 0 fully saturated rings. The zero-order valence-corrected chi connectivity index (χ0v) is 9.60. The van der Waals surface area contributed by atoms with E-state index in [1.54, 1.807) is 17.7 Å². The molecule has 0 atom stereocenters. The highest BCUT2D eigenvalue weighted by atomic mass is 16.5. The van der Waals surface area contributed by atoms with Crippen LogP contribution in [0.15, 0.2) is 12.4 Å². The Hall–Kier alpha value is -1.65. The summed E-state index contributed by atoms with van der Waals surface area (Å²) in [6.07, 6.45) is 5.18. The molecule has 0 saturated heterocycles. The van der Waals surface area contributed by atoms with E-state index in [9.17, 15) is 9.59 Å².